The Kier molecular flexibility index (Phi) is 6.69. The van der Waals surface area contributed by atoms with Crippen LogP contribution in [0.1, 0.15) is 6.42 Å². The van der Waals surface area contributed by atoms with Gasteiger partial charge in [0.25, 0.3) is 0 Å². The van der Waals surface area contributed by atoms with Gasteiger partial charge in [0.15, 0.2) is 5.16 Å². The number of rotatable bonds is 8. The van der Waals surface area contributed by atoms with E-state index in [1.54, 1.807) is 6.20 Å². The van der Waals surface area contributed by atoms with E-state index >= 15 is 0 Å². The molecule has 0 aliphatic carbocycles. The van der Waals surface area contributed by atoms with Crippen LogP contribution >= 0.6 is 23.5 Å². The van der Waals surface area contributed by atoms with Crippen LogP contribution in [0.15, 0.2) is 52.8 Å². The summed E-state index contributed by atoms with van der Waals surface area (Å²) in [5.41, 5.74) is 0. The van der Waals surface area contributed by atoms with E-state index in [0.717, 1.165) is 23.9 Å². The summed E-state index contributed by atoms with van der Waals surface area (Å²) >= 11 is 3.27. The predicted octanol–water partition coefficient (Wildman–Crippen LogP) is 2.81. The lowest BCUT2D eigenvalue weighted by atomic mass is 10.4. The number of imidazole rings is 1. The molecule has 0 saturated heterocycles. The van der Waals surface area contributed by atoms with Crippen molar-refractivity contribution in [2.24, 2.45) is 7.05 Å². The highest BCUT2D eigenvalue weighted by Gasteiger charge is 2.05. The number of hydrogen-bond donors (Lipinski definition) is 1. The molecule has 1 aromatic carbocycles. The molecular formula is C15H19N3OS2. The van der Waals surface area contributed by atoms with Crippen molar-refractivity contribution in [1.29, 1.82) is 0 Å². The molecule has 0 bridgehead atoms. The molecule has 2 aromatic rings. The minimum absolute atomic E-state index is 0.0627. The van der Waals surface area contributed by atoms with Crippen LogP contribution in [0, 0.1) is 0 Å². The van der Waals surface area contributed by atoms with Crippen molar-refractivity contribution in [3.63, 3.8) is 0 Å². The van der Waals surface area contributed by atoms with Crippen molar-refractivity contribution in [3.05, 3.63) is 42.7 Å². The standard InChI is InChI=1S/C15H19N3OS2/c1-18-10-9-17-15(18)21-12-14(19)16-8-5-11-20-13-6-3-2-4-7-13/h2-4,6-7,9-10H,5,8,11-12H2,1H3,(H,16,19). The van der Waals surface area contributed by atoms with Crippen LogP contribution in [-0.4, -0.2) is 33.5 Å². The number of amides is 1. The number of carbonyl (C=O) groups excluding carboxylic acids is 1. The zero-order chi connectivity index (χ0) is 14.9. The number of thioether (sulfide) groups is 2. The highest BCUT2D eigenvalue weighted by molar-refractivity contribution is 7.99. The Hall–Kier alpha value is -1.40. The molecule has 21 heavy (non-hydrogen) atoms. The number of nitrogens with zero attached hydrogens (tertiary/aromatic N) is 2. The molecule has 0 unspecified atom stereocenters. The number of benzene rings is 1. The van der Waals surface area contributed by atoms with E-state index in [2.05, 4.69) is 22.4 Å². The second kappa shape index (κ2) is 8.79. The van der Waals surface area contributed by atoms with Gasteiger partial charge in [-0.25, -0.2) is 4.98 Å². The number of aromatic nitrogens is 2. The maximum Gasteiger partial charge on any atom is 0.230 e. The molecule has 0 aliphatic rings. The lowest BCUT2D eigenvalue weighted by Gasteiger charge is -2.05. The Bertz CT molecular complexity index is 557. The van der Waals surface area contributed by atoms with E-state index in [4.69, 9.17) is 0 Å². The normalized spacial score (nSPS) is 10.5. The second-order valence-electron chi connectivity index (χ2n) is 4.47. The Balaban J connectivity index is 1.54. The zero-order valence-electron chi connectivity index (χ0n) is 12.0. The molecule has 0 aliphatic heterocycles. The van der Waals surface area contributed by atoms with Crippen molar-refractivity contribution in [2.45, 2.75) is 16.5 Å². The molecular weight excluding hydrogens is 302 g/mol. The summed E-state index contributed by atoms with van der Waals surface area (Å²) in [6.07, 6.45) is 4.58. The van der Waals surface area contributed by atoms with Crippen molar-refractivity contribution in [3.8, 4) is 0 Å². The third-order valence-electron chi connectivity index (χ3n) is 2.76. The third kappa shape index (κ3) is 5.85. The van der Waals surface area contributed by atoms with E-state index in [1.165, 1.54) is 16.7 Å². The summed E-state index contributed by atoms with van der Waals surface area (Å²) in [6.45, 7) is 0.722. The molecule has 1 aromatic heterocycles. The van der Waals surface area contributed by atoms with E-state index in [9.17, 15) is 4.79 Å². The summed E-state index contributed by atoms with van der Waals surface area (Å²) in [5.74, 6) is 1.49. The fraction of sp³-hybridized carbons (Fsp3) is 0.333. The van der Waals surface area contributed by atoms with Gasteiger partial charge in [-0.05, 0) is 24.3 Å². The quantitative estimate of drug-likeness (QED) is 0.600. The topological polar surface area (TPSA) is 46.9 Å². The molecule has 0 atom stereocenters. The van der Waals surface area contributed by atoms with Gasteiger partial charge in [0.1, 0.15) is 0 Å². The highest BCUT2D eigenvalue weighted by Crippen LogP contribution is 2.17. The average Bonchev–Trinajstić information content (AvgIpc) is 2.91. The SMILES string of the molecule is Cn1ccnc1SCC(=O)NCCCSc1ccccc1. The Morgan fingerprint density at radius 2 is 2.10 bits per heavy atom. The van der Waals surface area contributed by atoms with Gasteiger partial charge in [-0.2, -0.15) is 0 Å². The van der Waals surface area contributed by atoms with Gasteiger partial charge in [0, 0.05) is 30.9 Å². The number of hydrogen-bond acceptors (Lipinski definition) is 4. The second-order valence-corrected chi connectivity index (χ2v) is 6.59. The van der Waals surface area contributed by atoms with Gasteiger partial charge in [0.05, 0.1) is 5.75 Å². The Morgan fingerprint density at radius 1 is 1.29 bits per heavy atom. The monoisotopic (exact) mass is 321 g/mol. The Morgan fingerprint density at radius 3 is 2.81 bits per heavy atom. The lowest BCUT2D eigenvalue weighted by molar-refractivity contribution is -0.118. The van der Waals surface area contributed by atoms with E-state index < -0.39 is 0 Å². The van der Waals surface area contributed by atoms with Crippen molar-refractivity contribution in [1.82, 2.24) is 14.9 Å². The fourth-order valence-electron chi connectivity index (χ4n) is 1.68. The largest absolute Gasteiger partial charge is 0.355 e. The number of carbonyl (C=O) groups is 1. The van der Waals surface area contributed by atoms with E-state index in [0.29, 0.717) is 5.75 Å². The van der Waals surface area contributed by atoms with Gasteiger partial charge < -0.3 is 9.88 Å². The minimum atomic E-state index is 0.0627. The maximum absolute atomic E-state index is 11.7. The highest BCUT2D eigenvalue weighted by atomic mass is 32.2. The molecule has 2 rings (SSSR count). The maximum atomic E-state index is 11.7. The van der Waals surface area contributed by atoms with Crippen LogP contribution in [0.2, 0.25) is 0 Å². The molecule has 4 nitrogen and oxygen atoms in total. The molecule has 1 amide bonds. The first-order valence-corrected chi connectivity index (χ1v) is 8.77. The van der Waals surface area contributed by atoms with E-state index in [-0.39, 0.29) is 5.91 Å². The third-order valence-corrected chi connectivity index (χ3v) is 4.92. The van der Waals surface area contributed by atoms with Crippen molar-refractivity contribution < 1.29 is 4.79 Å². The van der Waals surface area contributed by atoms with Crippen LogP contribution in [0.5, 0.6) is 0 Å². The molecule has 0 radical (unpaired) electrons. The summed E-state index contributed by atoms with van der Waals surface area (Å²) in [7, 11) is 1.92. The predicted molar refractivity (Wildman–Crippen MR) is 88.7 cm³/mol. The minimum Gasteiger partial charge on any atom is -0.355 e. The lowest BCUT2D eigenvalue weighted by Crippen LogP contribution is -2.26. The van der Waals surface area contributed by atoms with Crippen LogP contribution in [0.25, 0.3) is 0 Å². The summed E-state index contributed by atoms with van der Waals surface area (Å²) in [5, 5.41) is 3.81. The van der Waals surface area contributed by atoms with Gasteiger partial charge in [-0.15, -0.1) is 11.8 Å². The first kappa shape index (κ1) is 16.0. The van der Waals surface area contributed by atoms with E-state index in [1.807, 2.05) is 47.8 Å². The first-order valence-electron chi connectivity index (χ1n) is 6.80. The fourth-order valence-corrected chi connectivity index (χ4v) is 3.31. The average molecular weight is 321 g/mol. The van der Waals surface area contributed by atoms with Gasteiger partial charge in [-0.3, -0.25) is 4.79 Å². The summed E-state index contributed by atoms with van der Waals surface area (Å²) < 4.78 is 1.91. The zero-order valence-corrected chi connectivity index (χ0v) is 13.6. The first-order chi connectivity index (χ1) is 10.3. The van der Waals surface area contributed by atoms with Crippen LogP contribution in [-0.2, 0) is 11.8 Å². The summed E-state index contributed by atoms with van der Waals surface area (Å²) in [4.78, 5) is 17.2. The molecule has 112 valence electrons. The van der Waals surface area contributed by atoms with Crippen LogP contribution in [0.3, 0.4) is 0 Å². The van der Waals surface area contributed by atoms with Gasteiger partial charge in [-0.1, -0.05) is 30.0 Å². The number of nitrogens with one attached hydrogen (secondary N) is 1. The van der Waals surface area contributed by atoms with Gasteiger partial charge in [0.2, 0.25) is 5.91 Å². The molecule has 6 heteroatoms. The summed E-state index contributed by atoms with van der Waals surface area (Å²) in [6, 6.07) is 10.3. The van der Waals surface area contributed by atoms with Crippen molar-refractivity contribution in [2.75, 3.05) is 18.1 Å². The van der Waals surface area contributed by atoms with Crippen LogP contribution < -0.4 is 5.32 Å². The Labute approximate surface area is 133 Å². The molecule has 0 saturated carbocycles. The molecule has 1 heterocycles. The molecule has 0 fully saturated rings. The molecule has 1 N–H and O–H groups in total. The smallest absolute Gasteiger partial charge is 0.230 e. The van der Waals surface area contributed by atoms with Crippen molar-refractivity contribution >= 4 is 29.4 Å². The molecule has 0 spiro atoms. The van der Waals surface area contributed by atoms with Gasteiger partial charge >= 0.3 is 0 Å². The van der Waals surface area contributed by atoms with Crippen LogP contribution in [0.4, 0.5) is 0 Å². The number of aryl methyl sites for hydroxylation is 1.